The van der Waals surface area contributed by atoms with Crippen LogP contribution in [0.25, 0.3) is 0 Å². The van der Waals surface area contributed by atoms with Gasteiger partial charge in [-0.1, -0.05) is 18.3 Å². The Morgan fingerprint density at radius 1 is 1.50 bits per heavy atom. The van der Waals surface area contributed by atoms with Crippen LogP contribution in [0.2, 0.25) is 0 Å². The maximum atomic E-state index is 9.40. The van der Waals surface area contributed by atoms with Crippen molar-refractivity contribution in [3.8, 4) is 0 Å². The molecule has 0 radical (unpaired) electrons. The quantitative estimate of drug-likeness (QED) is 0.720. The standard InChI is InChI=1S/C6H18NO2P3/c1-4(7(3)10)6(5(2)8)9-12-11/h4-6,8,12H,10-11H2,1-3H3/t4-,5?,6?/m0/s1. The second kappa shape index (κ2) is 6.60. The number of rotatable bonds is 5. The number of hydrogen-bond donors (Lipinski definition) is 1. The summed E-state index contributed by atoms with van der Waals surface area (Å²) in [6.45, 7) is 3.77. The topological polar surface area (TPSA) is 32.7 Å². The van der Waals surface area contributed by atoms with E-state index in [2.05, 4.69) is 18.3 Å². The van der Waals surface area contributed by atoms with Crippen molar-refractivity contribution in [2.75, 3.05) is 7.05 Å². The van der Waals surface area contributed by atoms with Crippen molar-refractivity contribution >= 4 is 26.8 Å². The molecule has 1 N–H and O–H groups in total. The minimum atomic E-state index is -0.434. The normalized spacial score (nSPS) is 20.2. The number of aliphatic hydroxyl groups excluding tert-OH is 1. The Hall–Kier alpha value is 1.17. The highest BCUT2D eigenvalue weighted by Gasteiger charge is 2.24. The monoisotopic (exact) mass is 229 g/mol. The predicted octanol–water partition coefficient (Wildman–Crippen LogP) is 1.25. The second-order valence-corrected chi connectivity index (χ2v) is 4.84. The molecule has 0 aromatic heterocycles. The lowest BCUT2D eigenvalue weighted by atomic mass is 10.1. The van der Waals surface area contributed by atoms with Crippen LogP contribution in [0.5, 0.6) is 0 Å². The first kappa shape index (κ1) is 13.2. The SMILES string of the molecule is CC(O)C(OPP)[C@H](C)N(C)P. The smallest absolute Gasteiger partial charge is 0.103 e. The van der Waals surface area contributed by atoms with Crippen molar-refractivity contribution in [1.82, 2.24) is 4.67 Å². The summed E-state index contributed by atoms with van der Waals surface area (Å²) < 4.78 is 7.37. The van der Waals surface area contributed by atoms with Crippen LogP contribution in [-0.2, 0) is 4.52 Å². The van der Waals surface area contributed by atoms with Crippen LogP contribution >= 0.6 is 26.8 Å². The molecule has 0 aliphatic carbocycles. The van der Waals surface area contributed by atoms with Crippen LogP contribution in [0, 0.1) is 0 Å². The summed E-state index contributed by atoms with van der Waals surface area (Å²) in [5.41, 5.74) is 0. The Morgan fingerprint density at radius 2 is 2.00 bits per heavy atom. The summed E-state index contributed by atoms with van der Waals surface area (Å²) >= 11 is 0. The van der Waals surface area contributed by atoms with Crippen LogP contribution in [-0.4, -0.2) is 35.1 Å². The predicted molar refractivity (Wildman–Crippen MR) is 61.5 cm³/mol. The van der Waals surface area contributed by atoms with Gasteiger partial charge in [0, 0.05) is 14.5 Å². The van der Waals surface area contributed by atoms with Gasteiger partial charge in [-0.05, 0) is 20.9 Å². The van der Waals surface area contributed by atoms with Gasteiger partial charge >= 0.3 is 0 Å². The van der Waals surface area contributed by atoms with Gasteiger partial charge in [0.15, 0.2) is 0 Å². The first-order chi connectivity index (χ1) is 5.50. The summed E-state index contributed by atoms with van der Waals surface area (Å²) in [6, 6.07) is 0.197. The van der Waals surface area contributed by atoms with Gasteiger partial charge in [0.1, 0.15) is 6.10 Å². The molecular weight excluding hydrogens is 211 g/mol. The summed E-state index contributed by atoms with van der Waals surface area (Å²) in [4.78, 5) is 0. The third kappa shape index (κ3) is 4.42. The lowest BCUT2D eigenvalue weighted by Crippen LogP contribution is -2.40. The molecule has 0 aliphatic heterocycles. The van der Waals surface area contributed by atoms with E-state index in [1.807, 2.05) is 18.6 Å². The zero-order valence-corrected chi connectivity index (χ0v) is 11.0. The van der Waals surface area contributed by atoms with Gasteiger partial charge in [0.2, 0.25) is 0 Å². The molecule has 3 nitrogen and oxygen atoms in total. The Morgan fingerprint density at radius 3 is 2.25 bits per heavy atom. The molecule has 0 rings (SSSR count). The number of nitrogens with zero attached hydrogens (tertiary/aromatic N) is 1. The minimum Gasteiger partial charge on any atom is -0.391 e. The van der Waals surface area contributed by atoms with Crippen LogP contribution in [0.15, 0.2) is 0 Å². The molecule has 0 fully saturated rings. The van der Waals surface area contributed by atoms with Crippen molar-refractivity contribution in [3.63, 3.8) is 0 Å². The maximum Gasteiger partial charge on any atom is 0.103 e. The van der Waals surface area contributed by atoms with Crippen LogP contribution < -0.4 is 0 Å². The lowest BCUT2D eigenvalue weighted by molar-refractivity contribution is 0.0269. The van der Waals surface area contributed by atoms with Crippen LogP contribution in [0.1, 0.15) is 13.8 Å². The van der Waals surface area contributed by atoms with E-state index in [0.717, 1.165) is 0 Å². The molecule has 0 saturated heterocycles. The van der Waals surface area contributed by atoms with Gasteiger partial charge in [0.05, 0.1) is 6.10 Å². The van der Waals surface area contributed by atoms with Gasteiger partial charge in [-0.2, -0.15) is 0 Å². The average Bonchev–Trinajstić information content (AvgIpc) is 1.98. The van der Waals surface area contributed by atoms with Gasteiger partial charge in [0.25, 0.3) is 0 Å². The summed E-state index contributed by atoms with van der Waals surface area (Å²) in [6.07, 6.45) is -0.556. The van der Waals surface area contributed by atoms with Gasteiger partial charge < -0.3 is 9.63 Å². The summed E-state index contributed by atoms with van der Waals surface area (Å²) in [5, 5.41) is 9.40. The van der Waals surface area contributed by atoms with Crippen molar-refractivity contribution in [2.24, 2.45) is 0 Å². The number of aliphatic hydroxyl groups is 1. The van der Waals surface area contributed by atoms with Gasteiger partial charge in [-0.25, -0.2) is 0 Å². The molecule has 0 aromatic rings. The van der Waals surface area contributed by atoms with Crippen LogP contribution in [0.4, 0.5) is 0 Å². The van der Waals surface area contributed by atoms with Crippen molar-refractivity contribution in [2.45, 2.75) is 32.1 Å². The van der Waals surface area contributed by atoms with E-state index in [9.17, 15) is 5.11 Å². The van der Waals surface area contributed by atoms with E-state index in [4.69, 9.17) is 4.52 Å². The molecule has 12 heavy (non-hydrogen) atoms. The fourth-order valence-corrected chi connectivity index (χ4v) is 2.10. The Kier molecular flexibility index (Phi) is 7.24. The molecule has 6 atom stereocenters. The third-order valence-electron chi connectivity index (χ3n) is 1.80. The van der Waals surface area contributed by atoms with E-state index < -0.39 is 6.10 Å². The molecule has 0 aromatic carbocycles. The molecule has 0 amide bonds. The second-order valence-electron chi connectivity index (χ2n) is 2.85. The molecule has 74 valence electrons. The molecular formula is C6H18NO2P3. The molecule has 0 spiro atoms. The van der Waals surface area contributed by atoms with Crippen molar-refractivity contribution < 1.29 is 9.63 Å². The number of hydrogen-bond acceptors (Lipinski definition) is 3. The molecule has 0 aliphatic rings. The highest BCUT2D eigenvalue weighted by Crippen LogP contribution is 2.28. The Labute approximate surface area is 80.8 Å². The largest absolute Gasteiger partial charge is 0.391 e. The summed E-state index contributed by atoms with van der Waals surface area (Å²) in [7, 11) is 7.37. The van der Waals surface area contributed by atoms with E-state index in [1.165, 1.54) is 0 Å². The molecule has 5 unspecified atom stereocenters. The zero-order valence-electron chi connectivity index (χ0n) is 7.69. The van der Waals surface area contributed by atoms with E-state index in [-0.39, 0.29) is 12.1 Å². The number of likely N-dealkylation sites (N-methyl/N-ethyl adjacent to an activating group) is 1. The van der Waals surface area contributed by atoms with Crippen molar-refractivity contribution in [1.29, 1.82) is 0 Å². The zero-order chi connectivity index (χ0) is 9.72. The van der Waals surface area contributed by atoms with E-state index in [1.54, 1.807) is 6.92 Å². The first-order valence-electron chi connectivity index (χ1n) is 3.77. The van der Waals surface area contributed by atoms with Gasteiger partial charge in [-0.3, -0.25) is 4.67 Å². The highest BCUT2D eigenvalue weighted by atomic mass is 32.0. The van der Waals surface area contributed by atoms with Crippen LogP contribution in [0.3, 0.4) is 0 Å². The maximum absolute atomic E-state index is 9.40. The third-order valence-corrected chi connectivity index (χ3v) is 3.08. The van der Waals surface area contributed by atoms with E-state index in [0.29, 0.717) is 8.50 Å². The molecule has 0 bridgehead atoms. The van der Waals surface area contributed by atoms with Crippen molar-refractivity contribution in [3.05, 3.63) is 0 Å². The molecule has 0 saturated carbocycles. The van der Waals surface area contributed by atoms with E-state index >= 15 is 0 Å². The first-order valence-corrected chi connectivity index (χ1v) is 7.01. The van der Waals surface area contributed by atoms with Gasteiger partial charge in [-0.15, -0.1) is 0 Å². The summed E-state index contributed by atoms with van der Waals surface area (Å²) in [5.74, 6) is 0. The Bertz CT molecular complexity index is 123. The molecule has 6 heteroatoms. The lowest BCUT2D eigenvalue weighted by Gasteiger charge is -2.30. The molecule has 0 heterocycles. The Balaban J connectivity index is 4.09. The fraction of sp³-hybridized carbons (Fsp3) is 1.00. The fourth-order valence-electron chi connectivity index (χ4n) is 0.910. The highest BCUT2D eigenvalue weighted by molar-refractivity contribution is 8.00. The average molecular weight is 229 g/mol. The minimum absolute atomic E-state index is 0.122.